The van der Waals surface area contributed by atoms with Crippen LogP contribution in [0.3, 0.4) is 0 Å². The number of nitrogens with zero attached hydrogens (tertiary/aromatic N) is 1. The van der Waals surface area contributed by atoms with Crippen molar-refractivity contribution in [3.63, 3.8) is 0 Å². The Kier molecular flexibility index (Phi) is 4.57. The van der Waals surface area contributed by atoms with Crippen LogP contribution in [0, 0.1) is 25.7 Å². The van der Waals surface area contributed by atoms with Crippen LogP contribution in [-0.4, -0.2) is 29.0 Å². The van der Waals surface area contributed by atoms with Crippen LogP contribution in [0.15, 0.2) is 66.7 Å². The van der Waals surface area contributed by atoms with Crippen LogP contribution in [0.25, 0.3) is 0 Å². The van der Waals surface area contributed by atoms with Gasteiger partial charge >= 0.3 is 11.9 Å². The molecule has 0 amide bonds. The Balaban J connectivity index is 1.69. The fraction of sp³-hybridized carbons (Fsp3) is 0.214. The van der Waals surface area contributed by atoms with Gasteiger partial charge in [-0.25, -0.2) is 0 Å². The number of carbonyl (C=O) groups excluding carboxylic acids is 4. The summed E-state index contributed by atoms with van der Waals surface area (Å²) in [5, 5.41) is 0.525. The van der Waals surface area contributed by atoms with E-state index in [0.29, 0.717) is 16.3 Å². The lowest BCUT2D eigenvalue weighted by atomic mass is 9.76. The van der Waals surface area contributed by atoms with Gasteiger partial charge in [0, 0.05) is 21.8 Å². The Morgan fingerprint density at radius 3 is 2.06 bits per heavy atom. The van der Waals surface area contributed by atoms with Crippen molar-refractivity contribution >= 4 is 40.8 Å². The third-order valence-corrected chi connectivity index (χ3v) is 7.91. The average molecular weight is 486 g/mol. The quantitative estimate of drug-likeness (QED) is 0.388. The van der Waals surface area contributed by atoms with Crippen LogP contribution in [0.4, 0.5) is 5.69 Å². The van der Waals surface area contributed by atoms with E-state index in [0.717, 1.165) is 11.1 Å². The van der Waals surface area contributed by atoms with E-state index in [1.807, 2.05) is 38.1 Å². The molecule has 174 valence electrons. The summed E-state index contributed by atoms with van der Waals surface area (Å²) >= 11 is 6.30. The molecule has 35 heavy (non-hydrogen) atoms. The molecule has 0 saturated carbocycles. The third-order valence-electron chi connectivity index (χ3n) is 7.48. The van der Waals surface area contributed by atoms with Gasteiger partial charge in [0.15, 0.2) is 17.1 Å². The molecule has 2 fully saturated rings. The lowest BCUT2D eigenvalue weighted by Gasteiger charge is -2.40. The molecule has 0 N–H and O–H groups in total. The molecule has 0 unspecified atom stereocenters. The van der Waals surface area contributed by atoms with Crippen LogP contribution in [-0.2, 0) is 14.3 Å². The summed E-state index contributed by atoms with van der Waals surface area (Å²) in [6, 6.07) is 18.5. The molecule has 1 spiro atoms. The number of esters is 2. The van der Waals surface area contributed by atoms with Crippen LogP contribution >= 0.6 is 11.6 Å². The van der Waals surface area contributed by atoms with E-state index in [4.69, 9.17) is 16.3 Å². The number of carbonyl (C=O) groups is 4. The first kappa shape index (κ1) is 21.7. The van der Waals surface area contributed by atoms with Gasteiger partial charge in [-0.1, -0.05) is 65.7 Å². The molecular formula is C28H20ClNO5. The summed E-state index contributed by atoms with van der Waals surface area (Å²) in [6.07, 6.45) is 0. The summed E-state index contributed by atoms with van der Waals surface area (Å²) in [4.78, 5) is 56.4. The Bertz CT molecular complexity index is 1430. The largest absolute Gasteiger partial charge is 0.393 e. The van der Waals surface area contributed by atoms with Gasteiger partial charge in [0.2, 0.25) is 0 Å². The van der Waals surface area contributed by atoms with Crippen LogP contribution in [0.2, 0.25) is 5.02 Å². The Hall–Kier alpha value is -3.77. The van der Waals surface area contributed by atoms with Crippen LogP contribution in [0.5, 0.6) is 0 Å². The minimum Gasteiger partial charge on any atom is -0.393 e. The monoisotopic (exact) mass is 485 g/mol. The molecule has 1 aliphatic carbocycles. The molecule has 3 atom stereocenters. The van der Waals surface area contributed by atoms with Gasteiger partial charge in [-0.2, -0.15) is 0 Å². The Labute approximate surface area is 206 Å². The first-order valence-electron chi connectivity index (χ1n) is 11.3. The number of cyclic esters (lactones) is 2. The number of ketones is 2. The van der Waals surface area contributed by atoms with Crippen molar-refractivity contribution < 1.29 is 23.9 Å². The number of fused-ring (bicyclic) bond motifs is 3. The highest BCUT2D eigenvalue weighted by molar-refractivity contribution is 6.37. The molecule has 3 aliphatic rings. The summed E-state index contributed by atoms with van der Waals surface area (Å²) in [5.74, 6) is -4.87. The number of rotatable bonds is 2. The van der Waals surface area contributed by atoms with E-state index >= 15 is 0 Å². The molecule has 2 saturated heterocycles. The number of anilines is 1. The number of benzene rings is 3. The van der Waals surface area contributed by atoms with Crippen molar-refractivity contribution in [2.24, 2.45) is 11.8 Å². The molecule has 2 heterocycles. The highest BCUT2D eigenvalue weighted by Crippen LogP contribution is 2.60. The summed E-state index contributed by atoms with van der Waals surface area (Å²) < 4.78 is 5.08. The second-order valence-electron chi connectivity index (χ2n) is 9.37. The Morgan fingerprint density at radius 1 is 0.829 bits per heavy atom. The van der Waals surface area contributed by atoms with Crippen molar-refractivity contribution in [3.05, 3.63) is 99.6 Å². The first-order chi connectivity index (χ1) is 16.8. The van der Waals surface area contributed by atoms with E-state index in [2.05, 4.69) is 0 Å². The van der Waals surface area contributed by atoms with Crippen molar-refractivity contribution in [1.29, 1.82) is 0 Å². The van der Waals surface area contributed by atoms with Gasteiger partial charge in [-0.05, 0) is 43.2 Å². The fourth-order valence-corrected chi connectivity index (χ4v) is 6.06. The van der Waals surface area contributed by atoms with Crippen molar-refractivity contribution in [2.75, 3.05) is 4.90 Å². The summed E-state index contributed by atoms with van der Waals surface area (Å²) in [5.41, 5.74) is 1.53. The summed E-state index contributed by atoms with van der Waals surface area (Å²) in [7, 11) is 0. The fourth-order valence-electron chi connectivity index (χ4n) is 5.94. The van der Waals surface area contributed by atoms with E-state index in [-0.39, 0.29) is 11.1 Å². The molecule has 0 radical (unpaired) electrons. The van der Waals surface area contributed by atoms with Gasteiger partial charge in [-0.15, -0.1) is 0 Å². The average Bonchev–Trinajstić information content (AvgIpc) is 3.40. The topological polar surface area (TPSA) is 80.8 Å². The lowest BCUT2D eigenvalue weighted by Crippen LogP contribution is -2.59. The highest BCUT2D eigenvalue weighted by atomic mass is 35.5. The van der Waals surface area contributed by atoms with Crippen LogP contribution in [0.1, 0.15) is 43.4 Å². The smallest absolute Gasteiger partial charge is 0.320 e. The van der Waals surface area contributed by atoms with Gasteiger partial charge in [0.1, 0.15) is 5.92 Å². The minimum absolute atomic E-state index is 0.239. The zero-order valence-electron chi connectivity index (χ0n) is 18.9. The van der Waals surface area contributed by atoms with E-state index in [1.54, 1.807) is 47.4 Å². The van der Waals surface area contributed by atoms with Gasteiger partial charge in [0.25, 0.3) is 0 Å². The predicted molar refractivity (Wildman–Crippen MR) is 129 cm³/mol. The summed E-state index contributed by atoms with van der Waals surface area (Å²) in [6.45, 7) is 3.76. The maximum Gasteiger partial charge on any atom is 0.320 e. The highest BCUT2D eigenvalue weighted by Gasteiger charge is 2.76. The van der Waals surface area contributed by atoms with Gasteiger partial charge in [0.05, 0.1) is 12.0 Å². The normalized spacial score (nSPS) is 24.2. The van der Waals surface area contributed by atoms with Gasteiger partial charge in [-0.3, -0.25) is 19.2 Å². The second kappa shape index (κ2) is 7.36. The molecule has 6 rings (SSSR count). The number of hydrogen-bond donors (Lipinski definition) is 0. The second-order valence-corrected chi connectivity index (χ2v) is 9.78. The van der Waals surface area contributed by atoms with E-state index < -0.39 is 46.9 Å². The molecule has 2 aliphatic heterocycles. The molecule has 0 aromatic heterocycles. The maximum absolute atomic E-state index is 14.2. The molecule has 6 nitrogen and oxygen atoms in total. The number of ether oxygens (including phenoxy) is 1. The zero-order chi connectivity index (χ0) is 24.6. The number of halogens is 1. The van der Waals surface area contributed by atoms with Crippen LogP contribution < -0.4 is 4.90 Å². The maximum atomic E-state index is 14.2. The molecule has 3 aromatic rings. The molecular weight excluding hydrogens is 466 g/mol. The first-order valence-corrected chi connectivity index (χ1v) is 11.7. The van der Waals surface area contributed by atoms with Crippen molar-refractivity contribution in [3.8, 4) is 0 Å². The standard InChI is InChI=1S/C28H20ClNO5/c1-14-7-9-16(10-8-14)23-21-22(27(34)35-26(21)33)28(30(23)17-11-12-20(29)15(2)13-17)24(31)18-5-3-4-6-19(18)25(28)32/h3-13,21-23H,1-2H3/t21-,22+,23+/m1/s1. The number of aryl methyl sites for hydroxylation is 2. The number of Topliss-reactive ketones (excluding diaryl/α,β-unsaturated/α-hetero) is 2. The Morgan fingerprint density at radius 2 is 1.46 bits per heavy atom. The molecule has 0 bridgehead atoms. The molecule has 7 heteroatoms. The van der Waals surface area contributed by atoms with Crippen molar-refractivity contribution in [2.45, 2.75) is 25.4 Å². The van der Waals surface area contributed by atoms with E-state index in [9.17, 15) is 19.2 Å². The zero-order valence-corrected chi connectivity index (χ0v) is 19.7. The van der Waals surface area contributed by atoms with Gasteiger partial charge < -0.3 is 9.64 Å². The lowest BCUT2D eigenvalue weighted by molar-refractivity contribution is -0.154. The minimum atomic E-state index is -1.94. The third kappa shape index (κ3) is 2.71. The molecule has 3 aromatic carbocycles. The SMILES string of the molecule is Cc1ccc([C@H]2[C@@H]3C(=O)OC(=O)[C@H]3C3(C(=O)c4ccccc4C3=O)N2c2ccc(Cl)c(C)c2)cc1. The predicted octanol–water partition coefficient (Wildman–Crippen LogP) is 4.65. The van der Waals surface area contributed by atoms with Crippen molar-refractivity contribution in [1.82, 2.24) is 0 Å². The number of hydrogen-bond acceptors (Lipinski definition) is 6. The van der Waals surface area contributed by atoms with E-state index in [1.165, 1.54) is 0 Å².